The first kappa shape index (κ1) is 24.3. The Balaban J connectivity index is 1.48. The number of carbonyl (C=O) groups is 2. The van der Waals surface area contributed by atoms with Crippen LogP contribution in [0.3, 0.4) is 0 Å². The smallest absolute Gasteiger partial charge is 0.330 e. The first-order valence-electron chi connectivity index (χ1n) is 12.4. The van der Waals surface area contributed by atoms with Crippen molar-refractivity contribution in [2.45, 2.75) is 18.9 Å². The molecule has 1 aliphatic heterocycles. The number of piperazine rings is 1. The lowest BCUT2D eigenvalue weighted by Crippen LogP contribution is -2.59. The lowest BCUT2D eigenvalue weighted by atomic mass is 9.89. The lowest BCUT2D eigenvalue weighted by Gasteiger charge is -2.42. The van der Waals surface area contributed by atoms with Gasteiger partial charge in [0.05, 0.1) is 31.0 Å². The molecule has 1 fully saturated rings. The fraction of sp³-hybridized carbons (Fsp3) is 0.233. The maximum atomic E-state index is 14.1. The highest BCUT2D eigenvalue weighted by atomic mass is 16.5. The number of aryl methyl sites for hydroxylation is 1. The number of methoxy groups -OCH3 is 1. The van der Waals surface area contributed by atoms with E-state index < -0.39 is 17.9 Å². The number of ether oxygens (including phenoxy) is 1. The molecular weight excluding hydrogens is 464 g/mol. The molecule has 1 aliphatic rings. The van der Waals surface area contributed by atoms with Crippen molar-refractivity contribution in [1.82, 2.24) is 14.7 Å². The summed E-state index contributed by atoms with van der Waals surface area (Å²) < 4.78 is 7.07. The van der Waals surface area contributed by atoms with Crippen molar-refractivity contribution < 1.29 is 14.3 Å². The van der Waals surface area contributed by atoms with Crippen LogP contribution in [0, 0.1) is 6.92 Å². The first-order valence-corrected chi connectivity index (χ1v) is 12.4. The largest absolute Gasteiger partial charge is 0.467 e. The predicted octanol–water partition coefficient (Wildman–Crippen LogP) is 4.20. The third kappa shape index (κ3) is 4.98. The molecule has 188 valence electrons. The molecule has 2 heterocycles. The zero-order valence-electron chi connectivity index (χ0n) is 21.0. The molecule has 7 heteroatoms. The monoisotopic (exact) mass is 494 g/mol. The Hall–Kier alpha value is -4.39. The molecule has 1 saturated heterocycles. The molecule has 0 spiro atoms. The molecular formula is C30H30N4O3. The number of hydrogen-bond donors (Lipinski definition) is 0. The summed E-state index contributed by atoms with van der Waals surface area (Å²) in [6, 6.07) is 30.6. The van der Waals surface area contributed by atoms with Crippen molar-refractivity contribution in [3.05, 3.63) is 114 Å². The number of benzene rings is 3. The number of carbonyl (C=O) groups excluding carboxylic acids is 2. The second kappa shape index (κ2) is 10.7. The van der Waals surface area contributed by atoms with Gasteiger partial charge < -0.3 is 14.5 Å². The summed E-state index contributed by atoms with van der Waals surface area (Å²) in [5, 5.41) is 4.69. The van der Waals surface area contributed by atoms with Crippen LogP contribution >= 0.6 is 0 Å². The zero-order valence-corrected chi connectivity index (χ0v) is 21.0. The van der Waals surface area contributed by atoms with Crippen LogP contribution in [0.2, 0.25) is 0 Å². The molecule has 3 aromatic carbocycles. The summed E-state index contributed by atoms with van der Waals surface area (Å²) in [5.41, 5.74) is 3.59. The summed E-state index contributed by atoms with van der Waals surface area (Å²) in [7, 11) is 1.37. The maximum Gasteiger partial charge on any atom is 0.330 e. The Morgan fingerprint density at radius 1 is 0.865 bits per heavy atom. The third-order valence-electron chi connectivity index (χ3n) is 6.79. The summed E-state index contributed by atoms with van der Waals surface area (Å²) in [6.07, 6.45) is 0. The molecule has 0 bridgehead atoms. The molecule has 1 amide bonds. The molecule has 0 aliphatic carbocycles. The summed E-state index contributed by atoms with van der Waals surface area (Å²) in [5.74, 6) is -0.175. The van der Waals surface area contributed by atoms with E-state index in [0.29, 0.717) is 19.6 Å². The average molecular weight is 495 g/mol. The molecule has 0 saturated carbocycles. The minimum absolute atomic E-state index is 0.111. The Morgan fingerprint density at radius 3 is 2.00 bits per heavy atom. The Labute approximate surface area is 216 Å². The van der Waals surface area contributed by atoms with E-state index in [2.05, 4.69) is 10.00 Å². The maximum absolute atomic E-state index is 14.1. The van der Waals surface area contributed by atoms with Gasteiger partial charge in [0.15, 0.2) is 0 Å². The SMILES string of the molecule is COC(=O)[C@@H]1CN(c2cc(C)nn2-c2ccccc2)CCN1C(=O)C(c1ccccc1)c1ccccc1. The van der Waals surface area contributed by atoms with Crippen LogP contribution in [-0.4, -0.2) is 59.3 Å². The van der Waals surface area contributed by atoms with Crippen LogP contribution < -0.4 is 4.90 Å². The topological polar surface area (TPSA) is 67.7 Å². The van der Waals surface area contributed by atoms with Crippen molar-refractivity contribution in [3.8, 4) is 5.69 Å². The second-order valence-corrected chi connectivity index (χ2v) is 9.16. The fourth-order valence-electron chi connectivity index (χ4n) is 5.00. The van der Waals surface area contributed by atoms with E-state index in [4.69, 9.17) is 4.74 Å². The fourth-order valence-corrected chi connectivity index (χ4v) is 5.00. The van der Waals surface area contributed by atoms with Crippen LogP contribution in [0.5, 0.6) is 0 Å². The van der Waals surface area contributed by atoms with Crippen LogP contribution in [0.4, 0.5) is 5.82 Å². The highest BCUT2D eigenvalue weighted by molar-refractivity contribution is 5.91. The highest BCUT2D eigenvalue weighted by Gasteiger charge is 2.40. The lowest BCUT2D eigenvalue weighted by molar-refractivity contribution is -0.153. The Kier molecular flexibility index (Phi) is 7.03. The van der Waals surface area contributed by atoms with Crippen molar-refractivity contribution in [2.24, 2.45) is 0 Å². The van der Waals surface area contributed by atoms with Gasteiger partial charge in [0.25, 0.3) is 0 Å². The van der Waals surface area contributed by atoms with Crippen LogP contribution in [0.15, 0.2) is 97.1 Å². The van der Waals surface area contributed by atoms with Gasteiger partial charge >= 0.3 is 5.97 Å². The number of para-hydroxylation sites is 1. The quantitative estimate of drug-likeness (QED) is 0.376. The summed E-state index contributed by atoms with van der Waals surface area (Å²) in [4.78, 5) is 31.0. The minimum atomic E-state index is -0.749. The van der Waals surface area contributed by atoms with E-state index in [-0.39, 0.29) is 5.91 Å². The van der Waals surface area contributed by atoms with Crippen molar-refractivity contribution in [3.63, 3.8) is 0 Å². The third-order valence-corrected chi connectivity index (χ3v) is 6.79. The zero-order chi connectivity index (χ0) is 25.8. The molecule has 0 radical (unpaired) electrons. The number of esters is 1. The van der Waals surface area contributed by atoms with E-state index in [1.165, 1.54) is 7.11 Å². The van der Waals surface area contributed by atoms with Gasteiger partial charge in [-0.3, -0.25) is 4.79 Å². The normalized spacial score (nSPS) is 15.6. The molecule has 4 aromatic rings. The number of nitrogens with zero attached hydrogens (tertiary/aromatic N) is 4. The first-order chi connectivity index (χ1) is 18.1. The van der Waals surface area contributed by atoms with Gasteiger partial charge in [-0.25, -0.2) is 9.48 Å². The molecule has 0 unspecified atom stereocenters. The van der Waals surface area contributed by atoms with Crippen LogP contribution in [-0.2, 0) is 14.3 Å². The Bertz CT molecular complexity index is 1320. The van der Waals surface area contributed by atoms with E-state index in [0.717, 1.165) is 28.3 Å². The van der Waals surface area contributed by atoms with E-state index >= 15 is 0 Å². The second-order valence-electron chi connectivity index (χ2n) is 9.16. The van der Waals surface area contributed by atoms with E-state index in [1.807, 2.05) is 109 Å². The minimum Gasteiger partial charge on any atom is -0.467 e. The summed E-state index contributed by atoms with van der Waals surface area (Å²) >= 11 is 0. The number of rotatable bonds is 6. The molecule has 7 nitrogen and oxygen atoms in total. The molecule has 0 N–H and O–H groups in total. The van der Waals surface area contributed by atoms with Crippen LogP contribution in [0.1, 0.15) is 22.7 Å². The van der Waals surface area contributed by atoms with Crippen LogP contribution in [0.25, 0.3) is 5.69 Å². The standard InChI is InChI=1S/C30H30N4O3/c1-22-20-27(34(31-22)25-16-10-5-11-17-25)32-18-19-33(26(21-32)30(36)37-2)29(35)28(23-12-6-3-7-13-23)24-14-8-4-9-15-24/h3-17,20,26,28H,18-19,21H2,1-2H3/t26-/m0/s1. The summed E-state index contributed by atoms with van der Waals surface area (Å²) in [6.45, 7) is 3.21. The van der Waals surface area contributed by atoms with Gasteiger partial charge in [-0.15, -0.1) is 0 Å². The van der Waals surface area contributed by atoms with Gasteiger partial charge in [-0.2, -0.15) is 5.10 Å². The average Bonchev–Trinajstić information content (AvgIpc) is 3.35. The van der Waals surface area contributed by atoms with Gasteiger partial charge in [-0.05, 0) is 30.2 Å². The predicted molar refractivity (Wildman–Crippen MR) is 143 cm³/mol. The number of amides is 1. The number of hydrogen-bond acceptors (Lipinski definition) is 5. The molecule has 5 rings (SSSR count). The van der Waals surface area contributed by atoms with E-state index in [1.54, 1.807) is 4.90 Å². The van der Waals surface area contributed by atoms with Crippen molar-refractivity contribution >= 4 is 17.7 Å². The van der Waals surface area contributed by atoms with Crippen molar-refractivity contribution in [1.29, 1.82) is 0 Å². The van der Waals surface area contributed by atoms with E-state index in [9.17, 15) is 9.59 Å². The highest BCUT2D eigenvalue weighted by Crippen LogP contribution is 2.30. The number of anilines is 1. The number of aromatic nitrogens is 2. The molecule has 1 aromatic heterocycles. The van der Waals surface area contributed by atoms with Gasteiger partial charge in [0.2, 0.25) is 5.91 Å². The van der Waals surface area contributed by atoms with Gasteiger partial charge in [0.1, 0.15) is 11.9 Å². The van der Waals surface area contributed by atoms with Gasteiger partial charge in [0, 0.05) is 19.2 Å². The molecule has 1 atom stereocenters. The van der Waals surface area contributed by atoms with Crippen molar-refractivity contribution in [2.75, 3.05) is 31.6 Å². The Morgan fingerprint density at radius 2 is 1.43 bits per heavy atom. The molecule has 37 heavy (non-hydrogen) atoms. The van der Waals surface area contributed by atoms with Gasteiger partial charge in [-0.1, -0.05) is 78.9 Å².